The molecule has 2 aromatic carbocycles. The van der Waals surface area contributed by atoms with Gasteiger partial charge < -0.3 is 30.0 Å². The summed E-state index contributed by atoms with van der Waals surface area (Å²) in [5.74, 6) is -3.65. The Morgan fingerprint density at radius 1 is 1.04 bits per heavy atom. The number of methoxy groups -OCH3 is 1. The number of esters is 2. The Labute approximate surface area is 292 Å². The molecule has 0 aromatic heterocycles. The van der Waals surface area contributed by atoms with Gasteiger partial charge in [0.15, 0.2) is 6.10 Å². The van der Waals surface area contributed by atoms with Crippen LogP contribution in [0.5, 0.6) is 5.75 Å². The average Bonchev–Trinajstić information content (AvgIpc) is 3.04. The second-order valence-corrected chi connectivity index (χ2v) is 14.2. The third-order valence-electron chi connectivity index (χ3n) is 8.04. The monoisotopic (exact) mass is 704 g/mol. The highest BCUT2D eigenvalue weighted by atomic mass is 35.5. The van der Waals surface area contributed by atoms with E-state index in [1.807, 2.05) is 26.8 Å². The molecule has 0 radical (unpaired) electrons. The minimum Gasteiger partial charge on any atom is -0.495 e. The second kappa shape index (κ2) is 17.7. The van der Waals surface area contributed by atoms with Gasteiger partial charge in [0.05, 0.1) is 29.5 Å². The summed E-state index contributed by atoms with van der Waals surface area (Å²) < 4.78 is 16.8. The molecule has 1 heterocycles. The van der Waals surface area contributed by atoms with Crippen LogP contribution in [-0.4, -0.2) is 66.9 Å². The van der Waals surface area contributed by atoms with Crippen LogP contribution in [0.4, 0.5) is 0 Å². The van der Waals surface area contributed by atoms with E-state index in [4.69, 9.17) is 37.4 Å². The lowest BCUT2D eigenvalue weighted by molar-refractivity contribution is -0.178. The molecule has 0 bridgehead atoms. The average molecular weight is 706 g/mol. The Morgan fingerprint density at radius 3 is 2.35 bits per heavy atom. The number of rotatable bonds is 8. The van der Waals surface area contributed by atoms with E-state index in [-0.39, 0.29) is 25.8 Å². The van der Waals surface area contributed by atoms with E-state index in [0.29, 0.717) is 21.9 Å². The van der Waals surface area contributed by atoms with Crippen LogP contribution in [0.1, 0.15) is 64.0 Å². The van der Waals surface area contributed by atoms with Gasteiger partial charge in [0.1, 0.15) is 17.9 Å². The van der Waals surface area contributed by atoms with Crippen molar-refractivity contribution < 1.29 is 38.5 Å². The standard InChI is InChI=1S/C36H46Cl2N2O8/c1-21-20-39-33(43)26(18-23-15-16-28(46-6)25(37)17-23)40-30(41)14-10-13-27(22(2)32(42)31(38)24-11-8-7-9-12-24)47-35(45)29(48-34(21)44)19-36(3,4)5/h7-12,14-17,21-22,26-27,29,31-32,42H,13,18-20H2,1-6H3,(H,39,43)(H,40,41)/b14-10+/t21-,22-,26-,27+,29+,31+,32-/m1/s1. The lowest BCUT2D eigenvalue weighted by atomic mass is 9.88. The van der Waals surface area contributed by atoms with Gasteiger partial charge in [0.25, 0.3) is 0 Å². The molecule has 3 N–H and O–H groups in total. The molecule has 0 spiro atoms. The van der Waals surface area contributed by atoms with Gasteiger partial charge in [-0.05, 0) is 34.8 Å². The number of nitrogens with one attached hydrogen (secondary N) is 2. The fourth-order valence-corrected chi connectivity index (χ4v) is 5.83. The summed E-state index contributed by atoms with van der Waals surface area (Å²) in [5.41, 5.74) is 0.928. The van der Waals surface area contributed by atoms with E-state index in [0.717, 1.165) is 0 Å². The molecule has 3 rings (SSSR count). The van der Waals surface area contributed by atoms with Crippen molar-refractivity contribution in [2.24, 2.45) is 17.3 Å². The zero-order valence-electron chi connectivity index (χ0n) is 28.2. The number of alkyl halides is 1. The first-order chi connectivity index (χ1) is 22.6. The third kappa shape index (κ3) is 11.5. The number of amides is 2. The highest BCUT2D eigenvalue weighted by Crippen LogP contribution is 2.32. The summed E-state index contributed by atoms with van der Waals surface area (Å²) in [7, 11) is 1.49. The lowest BCUT2D eigenvalue weighted by Gasteiger charge is -2.32. The normalized spacial score (nSPS) is 24.3. The summed E-state index contributed by atoms with van der Waals surface area (Å²) in [6, 6.07) is 13.0. The predicted molar refractivity (Wildman–Crippen MR) is 184 cm³/mol. The third-order valence-corrected chi connectivity index (χ3v) is 8.85. The van der Waals surface area contributed by atoms with Crippen LogP contribution < -0.4 is 15.4 Å². The van der Waals surface area contributed by atoms with Crippen LogP contribution in [0.15, 0.2) is 60.7 Å². The van der Waals surface area contributed by atoms with E-state index in [1.165, 1.54) is 19.3 Å². The maximum absolute atomic E-state index is 13.6. The van der Waals surface area contributed by atoms with Crippen molar-refractivity contribution in [3.8, 4) is 5.75 Å². The Hall–Kier alpha value is -3.60. The minimum absolute atomic E-state index is 0.0212. The van der Waals surface area contributed by atoms with Gasteiger partial charge in [0.2, 0.25) is 11.8 Å². The molecule has 0 unspecified atom stereocenters. The van der Waals surface area contributed by atoms with E-state index in [2.05, 4.69) is 10.6 Å². The Balaban J connectivity index is 1.94. The maximum atomic E-state index is 13.6. The van der Waals surface area contributed by atoms with Gasteiger partial charge >= 0.3 is 11.9 Å². The minimum atomic E-state index is -1.25. The molecule has 1 aliphatic heterocycles. The molecule has 7 atom stereocenters. The number of benzene rings is 2. The molecule has 10 nitrogen and oxygen atoms in total. The Morgan fingerprint density at radius 2 is 1.73 bits per heavy atom. The summed E-state index contributed by atoms with van der Waals surface area (Å²) >= 11 is 13.0. The predicted octanol–water partition coefficient (Wildman–Crippen LogP) is 5.33. The molecule has 2 aromatic rings. The van der Waals surface area contributed by atoms with Crippen molar-refractivity contribution in [2.75, 3.05) is 13.7 Å². The van der Waals surface area contributed by atoms with E-state index in [1.54, 1.807) is 56.3 Å². The first-order valence-electron chi connectivity index (χ1n) is 15.9. The lowest BCUT2D eigenvalue weighted by Crippen LogP contribution is -2.49. The van der Waals surface area contributed by atoms with Gasteiger partial charge in [-0.15, -0.1) is 11.6 Å². The molecule has 12 heteroatoms. The van der Waals surface area contributed by atoms with Crippen LogP contribution in [0, 0.1) is 17.3 Å². The SMILES string of the molecule is COc1ccc(C[C@H]2NC(=O)/C=C/C[C@@H]([C@@H](C)[C@@H](O)[C@@H](Cl)c3ccccc3)OC(=O)[C@H](CC(C)(C)C)OC(=O)[C@H](C)CNC2=O)cc1Cl. The summed E-state index contributed by atoms with van der Waals surface area (Å²) in [4.78, 5) is 53.3. The van der Waals surface area contributed by atoms with Crippen molar-refractivity contribution in [1.82, 2.24) is 10.6 Å². The van der Waals surface area contributed by atoms with Gasteiger partial charge in [-0.3, -0.25) is 14.4 Å². The molecule has 0 saturated heterocycles. The molecule has 48 heavy (non-hydrogen) atoms. The van der Waals surface area contributed by atoms with Crippen molar-refractivity contribution in [1.29, 1.82) is 0 Å². The fraction of sp³-hybridized carbons (Fsp3) is 0.500. The highest BCUT2D eigenvalue weighted by Gasteiger charge is 2.37. The quantitative estimate of drug-likeness (QED) is 0.248. The summed E-state index contributed by atoms with van der Waals surface area (Å²) in [6.45, 7) is 8.85. The number of halogens is 2. The van der Waals surface area contributed by atoms with E-state index >= 15 is 0 Å². The van der Waals surface area contributed by atoms with E-state index < -0.39 is 70.7 Å². The molecule has 2 amide bonds. The smallest absolute Gasteiger partial charge is 0.347 e. The summed E-state index contributed by atoms with van der Waals surface area (Å²) in [5, 5.41) is 16.2. The van der Waals surface area contributed by atoms with Gasteiger partial charge in [-0.2, -0.15) is 0 Å². The number of hydrogen-bond acceptors (Lipinski definition) is 8. The van der Waals surface area contributed by atoms with Gasteiger partial charge in [0, 0.05) is 31.7 Å². The highest BCUT2D eigenvalue weighted by molar-refractivity contribution is 6.32. The van der Waals surface area contributed by atoms with Gasteiger partial charge in [-0.1, -0.05) is 88.7 Å². The first-order valence-corrected chi connectivity index (χ1v) is 16.8. The number of ether oxygens (including phenoxy) is 3. The van der Waals surface area contributed by atoms with Crippen LogP contribution >= 0.6 is 23.2 Å². The number of carbonyl (C=O) groups is 4. The number of aliphatic hydroxyl groups excluding tert-OH is 1. The van der Waals surface area contributed by atoms with Gasteiger partial charge in [-0.25, -0.2) is 4.79 Å². The largest absolute Gasteiger partial charge is 0.495 e. The topological polar surface area (TPSA) is 140 Å². The zero-order valence-corrected chi connectivity index (χ0v) is 29.7. The van der Waals surface area contributed by atoms with Crippen molar-refractivity contribution in [3.05, 3.63) is 76.8 Å². The molecule has 0 aliphatic carbocycles. The molecule has 1 aliphatic rings. The van der Waals surface area contributed by atoms with Crippen LogP contribution in [0.2, 0.25) is 5.02 Å². The van der Waals surface area contributed by atoms with Crippen molar-refractivity contribution in [2.45, 2.75) is 83.6 Å². The van der Waals surface area contributed by atoms with Crippen molar-refractivity contribution in [3.63, 3.8) is 0 Å². The van der Waals surface area contributed by atoms with Crippen molar-refractivity contribution >= 4 is 47.0 Å². The number of cyclic esters (lactones) is 2. The zero-order chi connectivity index (χ0) is 35.6. The van der Waals surface area contributed by atoms with Crippen LogP contribution in [0.3, 0.4) is 0 Å². The summed E-state index contributed by atoms with van der Waals surface area (Å²) in [6.07, 6.45) is -0.322. The fourth-order valence-electron chi connectivity index (χ4n) is 5.17. The number of aliphatic hydroxyl groups is 1. The maximum Gasteiger partial charge on any atom is 0.347 e. The van der Waals surface area contributed by atoms with E-state index in [9.17, 15) is 24.3 Å². The van der Waals surface area contributed by atoms with Crippen LogP contribution in [-0.2, 0) is 35.1 Å². The van der Waals surface area contributed by atoms with Crippen LogP contribution in [0.25, 0.3) is 0 Å². The Bertz CT molecular complexity index is 1450. The Kier molecular flexibility index (Phi) is 14.3. The number of hydrogen-bond donors (Lipinski definition) is 3. The molecular formula is C36H46Cl2N2O8. The first kappa shape index (κ1) is 38.8. The second-order valence-electron chi connectivity index (χ2n) is 13.3. The molecular weight excluding hydrogens is 659 g/mol. The molecule has 262 valence electrons. The number of carbonyl (C=O) groups excluding carboxylic acids is 4. The molecule has 0 saturated carbocycles. The molecule has 0 fully saturated rings.